The second-order valence-corrected chi connectivity index (χ2v) is 11.8. The van der Waals surface area contributed by atoms with E-state index in [0.29, 0.717) is 36.3 Å². The van der Waals surface area contributed by atoms with Gasteiger partial charge in [0.05, 0.1) is 5.57 Å². The van der Waals surface area contributed by atoms with Crippen LogP contribution >= 0.6 is 11.3 Å². The Bertz CT molecular complexity index is 1380. The molecule has 37 heavy (non-hydrogen) atoms. The number of esters is 1. The summed E-state index contributed by atoms with van der Waals surface area (Å²) in [6.07, 6.45) is 3.84. The lowest BCUT2D eigenvalue weighted by molar-refractivity contribution is -0.161. The second kappa shape index (κ2) is 11.2. The summed E-state index contributed by atoms with van der Waals surface area (Å²) in [5.74, 6) is -0.683. The molecule has 2 unspecified atom stereocenters. The van der Waals surface area contributed by atoms with E-state index in [1.54, 1.807) is 0 Å². The van der Waals surface area contributed by atoms with Gasteiger partial charge in [0.2, 0.25) is 0 Å². The van der Waals surface area contributed by atoms with E-state index in [2.05, 4.69) is 24.0 Å². The zero-order valence-electron chi connectivity index (χ0n) is 21.0. The summed E-state index contributed by atoms with van der Waals surface area (Å²) >= 11 is 1.19. The van der Waals surface area contributed by atoms with Gasteiger partial charge in [0.25, 0.3) is 10.0 Å². The quantitative estimate of drug-likeness (QED) is 0.310. The minimum atomic E-state index is -3.86. The molecule has 0 radical (unpaired) electrons. The molecule has 2 aromatic carbocycles. The Morgan fingerprint density at radius 2 is 1.81 bits per heavy atom. The van der Waals surface area contributed by atoms with Crippen molar-refractivity contribution in [2.24, 2.45) is 5.14 Å². The topological polar surface area (TPSA) is 120 Å². The molecule has 196 valence electrons. The molecular formula is C28H32N2O5S2. The zero-order valence-corrected chi connectivity index (χ0v) is 22.6. The first kappa shape index (κ1) is 27.0. The standard InChI is InChI=1S/C28H32N2O5S2/c1-3-15-28(16-14-19-8-6-5-7-9-19)17-23(31)25(27(32)35-28)22(4-2)20-10-12-21(13-11-20)26-30-24(18-36-26)37(29,33)34/h5-13,18,22,31H,3-4,14-17H2,1-2H3,(H2,29,33,34). The summed E-state index contributed by atoms with van der Waals surface area (Å²) in [7, 11) is -3.86. The summed E-state index contributed by atoms with van der Waals surface area (Å²) < 4.78 is 29.2. The molecule has 3 N–H and O–H groups in total. The predicted molar refractivity (Wildman–Crippen MR) is 145 cm³/mol. The van der Waals surface area contributed by atoms with Crippen molar-refractivity contribution >= 4 is 27.3 Å². The van der Waals surface area contributed by atoms with Crippen molar-refractivity contribution in [2.75, 3.05) is 0 Å². The van der Waals surface area contributed by atoms with E-state index in [0.717, 1.165) is 24.0 Å². The molecule has 4 rings (SSSR count). The number of aliphatic hydroxyl groups excluding tert-OH is 1. The van der Waals surface area contributed by atoms with Gasteiger partial charge in [0.1, 0.15) is 16.4 Å². The first-order valence-electron chi connectivity index (χ1n) is 12.4. The molecule has 1 aliphatic heterocycles. The second-order valence-electron chi connectivity index (χ2n) is 9.46. The lowest BCUT2D eigenvalue weighted by atomic mass is 9.80. The summed E-state index contributed by atoms with van der Waals surface area (Å²) in [5.41, 5.74) is 2.37. The summed E-state index contributed by atoms with van der Waals surface area (Å²) in [4.78, 5) is 17.5. The van der Waals surface area contributed by atoms with E-state index in [9.17, 15) is 18.3 Å². The highest BCUT2D eigenvalue weighted by atomic mass is 32.2. The average Bonchev–Trinajstić information content (AvgIpc) is 3.37. The number of sulfonamides is 1. The normalized spacial score (nSPS) is 19.1. The third-order valence-corrected chi connectivity index (χ3v) is 8.67. The van der Waals surface area contributed by atoms with Crippen molar-refractivity contribution < 1.29 is 23.1 Å². The van der Waals surface area contributed by atoms with Crippen LogP contribution in [-0.4, -0.2) is 30.1 Å². The van der Waals surface area contributed by atoms with Gasteiger partial charge >= 0.3 is 5.97 Å². The first-order chi connectivity index (χ1) is 17.7. The monoisotopic (exact) mass is 540 g/mol. The van der Waals surface area contributed by atoms with E-state index in [-0.39, 0.29) is 16.7 Å². The number of aromatic nitrogens is 1. The minimum Gasteiger partial charge on any atom is -0.512 e. The maximum atomic E-state index is 13.3. The molecule has 0 bridgehead atoms. The van der Waals surface area contributed by atoms with E-state index in [1.165, 1.54) is 22.3 Å². The van der Waals surface area contributed by atoms with Gasteiger partial charge in [-0.3, -0.25) is 0 Å². The van der Waals surface area contributed by atoms with E-state index in [1.807, 2.05) is 49.4 Å². The van der Waals surface area contributed by atoms with Crippen molar-refractivity contribution in [3.05, 3.63) is 82.4 Å². The largest absolute Gasteiger partial charge is 0.512 e. The molecule has 3 aromatic rings. The van der Waals surface area contributed by atoms with Gasteiger partial charge in [0, 0.05) is 23.3 Å². The molecule has 9 heteroatoms. The highest BCUT2D eigenvalue weighted by molar-refractivity contribution is 7.89. The number of rotatable bonds is 10. The molecular weight excluding hydrogens is 508 g/mol. The van der Waals surface area contributed by atoms with Crippen LogP contribution in [0.5, 0.6) is 0 Å². The molecule has 0 fully saturated rings. The molecule has 0 spiro atoms. The van der Waals surface area contributed by atoms with Crippen LogP contribution in [0.15, 0.2) is 76.3 Å². The van der Waals surface area contributed by atoms with Crippen molar-refractivity contribution in [1.82, 2.24) is 4.98 Å². The van der Waals surface area contributed by atoms with Gasteiger partial charge in [-0.2, -0.15) is 0 Å². The van der Waals surface area contributed by atoms with Crippen LogP contribution in [0.3, 0.4) is 0 Å². The molecule has 0 aliphatic carbocycles. The minimum absolute atomic E-state index is 0.103. The molecule has 1 aromatic heterocycles. The number of nitrogens with zero attached hydrogens (tertiary/aromatic N) is 1. The van der Waals surface area contributed by atoms with Crippen LogP contribution < -0.4 is 5.14 Å². The molecule has 0 saturated heterocycles. The van der Waals surface area contributed by atoms with Crippen LogP contribution in [0, 0.1) is 0 Å². The lowest BCUT2D eigenvalue weighted by Crippen LogP contribution is -2.41. The van der Waals surface area contributed by atoms with Gasteiger partial charge in [-0.1, -0.05) is 74.9 Å². The first-order valence-corrected chi connectivity index (χ1v) is 14.9. The SMILES string of the molecule is CCCC1(CCc2ccccc2)CC(O)=C(C(CC)c2ccc(-c3nc(S(N)(=O)=O)cs3)cc2)C(=O)O1. The fourth-order valence-electron chi connectivity index (χ4n) is 5.01. The van der Waals surface area contributed by atoms with Gasteiger partial charge in [-0.05, 0) is 36.8 Å². The van der Waals surface area contributed by atoms with Crippen molar-refractivity contribution in [3.63, 3.8) is 0 Å². The van der Waals surface area contributed by atoms with Gasteiger partial charge in [0.15, 0.2) is 5.03 Å². The Balaban J connectivity index is 1.57. The van der Waals surface area contributed by atoms with Crippen LogP contribution in [-0.2, 0) is 26.0 Å². The highest BCUT2D eigenvalue weighted by Crippen LogP contribution is 2.42. The van der Waals surface area contributed by atoms with E-state index >= 15 is 0 Å². The summed E-state index contributed by atoms with van der Waals surface area (Å²) in [6, 6.07) is 17.5. The number of thiazole rings is 1. The van der Waals surface area contributed by atoms with Crippen LogP contribution in [0.2, 0.25) is 0 Å². The number of aryl methyl sites for hydroxylation is 1. The smallest absolute Gasteiger partial charge is 0.338 e. The fraction of sp³-hybridized carbons (Fsp3) is 0.357. The number of carbonyl (C=O) groups excluding carboxylic acids is 1. The van der Waals surface area contributed by atoms with Crippen LogP contribution in [0.1, 0.15) is 63.0 Å². The maximum absolute atomic E-state index is 13.3. The number of hydrogen-bond acceptors (Lipinski definition) is 7. The van der Waals surface area contributed by atoms with E-state index in [4.69, 9.17) is 9.88 Å². The lowest BCUT2D eigenvalue weighted by Gasteiger charge is -2.38. The Morgan fingerprint density at radius 1 is 1.11 bits per heavy atom. The number of ether oxygens (including phenoxy) is 1. The summed E-state index contributed by atoms with van der Waals surface area (Å²) in [5, 5.41) is 18.1. The third-order valence-electron chi connectivity index (χ3n) is 6.84. The predicted octanol–water partition coefficient (Wildman–Crippen LogP) is 5.88. The average molecular weight is 541 g/mol. The van der Waals surface area contributed by atoms with Gasteiger partial charge in [-0.25, -0.2) is 23.3 Å². The highest BCUT2D eigenvalue weighted by Gasteiger charge is 2.43. The third kappa shape index (κ3) is 6.11. The number of primary sulfonamides is 1. The van der Waals surface area contributed by atoms with Gasteiger partial charge in [-0.15, -0.1) is 11.3 Å². The molecule has 2 heterocycles. The Hall–Kier alpha value is -3.01. The number of benzene rings is 2. The van der Waals surface area contributed by atoms with Crippen LogP contribution in [0.25, 0.3) is 10.6 Å². The number of hydrogen-bond donors (Lipinski definition) is 2. The number of carbonyl (C=O) groups is 1. The molecule has 7 nitrogen and oxygen atoms in total. The number of nitrogens with two attached hydrogens (primary N) is 1. The number of aliphatic hydroxyl groups is 1. The molecule has 1 aliphatic rings. The Kier molecular flexibility index (Phi) is 8.16. The van der Waals surface area contributed by atoms with Crippen LogP contribution in [0.4, 0.5) is 0 Å². The van der Waals surface area contributed by atoms with Crippen molar-refractivity contribution in [2.45, 2.75) is 68.9 Å². The zero-order chi connectivity index (χ0) is 26.6. The Labute approximate surface area is 222 Å². The maximum Gasteiger partial charge on any atom is 0.338 e. The van der Waals surface area contributed by atoms with E-state index < -0.39 is 21.6 Å². The number of cyclic esters (lactones) is 1. The molecule has 0 amide bonds. The van der Waals surface area contributed by atoms with Gasteiger partial charge < -0.3 is 9.84 Å². The Morgan fingerprint density at radius 3 is 2.38 bits per heavy atom. The molecule has 2 atom stereocenters. The fourth-order valence-corrected chi connectivity index (χ4v) is 6.66. The van der Waals surface area contributed by atoms with Crippen molar-refractivity contribution in [3.8, 4) is 10.6 Å². The van der Waals surface area contributed by atoms with Crippen molar-refractivity contribution in [1.29, 1.82) is 0 Å². The molecule has 0 saturated carbocycles. The summed E-state index contributed by atoms with van der Waals surface area (Å²) in [6.45, 7) is 4.02.